The first-order valence-corrected chi connectivity index (χ1v) is 8.57. The van der Waals surface area contributed by atoms with Gasteiger partial charge in [0.2, 0.25) is 5.91 Å². The van der Waals surface area contributed by atoms with Crippen molar-refractivity contribution >= 4 is 35.6 Å². The fourth-order valence-corrected chi connectivity index (χ4v) is 2.66. The fraction of sp³-hybridized carbons (Fsp3) is 0.300. The molecule has 6 heteroatoms. The fourth-order valence-electron chi connectivity index (χ4n) is 2.66. The van der Waals surface area contributed by atoms with E-state index in [1.54, 1.807) is 29.2 Å². The zero-order valence-corrected chi connectivity index (χ0v) is 16.0. The van der Waals surface area contributed by atoms with Gasteiger partial charge in [-0.15, -0.1) is 12.4 Å². The summed E-state index contributed by atoms with van der Waals surface area (Å²) in [6.45, 7) is 5.21. The molecule has 0 atom stereocenters. The Bertz CT molecular complexity index is 745. The van der Waals surface area contributed by atoms with Gasteiger partial charge in [-0.25, -0.2) is 0 Å². The van der Waals surface area contributed by atoms with Crippen LogP contribution in [0.5, 0.6) is 0 Å². The minimum Gasteiger partial charge on any atom is -0.399 e. The van der Waals surface area contributed by atoms with Crippen LogP contribution in [0.3, 0.4) is 0 Å². The van der Waals surface area contributed by atoms with Gasteiger partial charge in [-0.1, -0.05) is 24.3 Å². The van der Waals surface area contributed by atoms with Gasteiger partial charge in [0.25, 0.3) is 5.91 Å². The van der Waals surface area contributed by atoms with Gasteiger partial charge in [0.15, 0.2) is 0 Å². The first kappa shape index (κ1) is 21.5. The Labute approximate surface area is 161 Å². The zero-order valence-electron chi connectivity index (χ0n) is 15.2. The molecule has 0 aromatic heterocycles. The molecular formula is C20H26ClN3O2. The number of nitrogens with zero attached hydrogens (tertiary/aromatic N) is 1. The van der Waals surface area contributed by atoms with E-state index in [2.05, 4.69) is 5.32 Å². The number of benzene rings is 2. The summed E-state index contributed by atoms with van der Waals surface area (Å²) in [5.41, 5.74) is 8.76. The van der Waals surface area contributed by atoms with Gasteiger partial charge in [0.1, 0.15) is 0 Å². The Morgan fingerprint density at radius 1 is 1.04 bits per heavy atom. The zero-order chi connectivity index (χ0) is 18.2. The van der Waals surface area contributed by atoms with Gasteiger partial charge < -0.3 is 16.0 Å². The molecule has 0 radical (unpaired) electrons. The molecule has 0 saturated heterocycles. The second kappa shape index (κ2) is 10.5. The summed E-state index contributed by atoms with van der Waals surface area (Å²) in [5.74, 6) is -0.131. The van der Waals surface area contributed by atoms with Crippen molar-refractivity contribution in [2.45, 2.75) is 26.7 Å². The van der Waals surface area contributed by atoms with Crippen LogP contribution >= 0.6 is 12.4 Å². The molecule has 2 rings (SSSR count). The van der Waals surface area contributed by atoms with Crippen molar-refractivity contribution in [3.8, 4) is 0 Å². The van der Waals surface area contributed by atoms with Crippen LogP contribution in [0, 0.1) is 0 Å². The lowest BCUT2D eigenvalue weighted by molar-refractivity contribution is -0.116. The highest BCUT2D eigenvalue weighted by atomic mass is 35.5. The monoisotopic (exact) mass is 375 g/mol. The number of carbonyl (C=O) groups is 2. The van der Waals surface area contributed by atoms with Gasteiger partial charge >= 0.3 is 0 Å². The molecule has 3 N–H and O–H groups in total. The number of rotatable bonds is 7. The highest BCUT2D eigenvalue weighted by Gasteiger charge is 2.13. The highest BCUT2D eigenvalue weighted by Crippen LogP contribution is 2.15. The number of nitrogens with one attached hydrogen (secondary N) is 1. The van der Waals surface area contributed by atoms with E-state index in [1.807, 2.05) is 38.1 Å². The third-order valence-corrected chi connectivity index (χ3v) is 4.12. The topological polar surface area (TPSA) is 75.4 Å². The number of hydrogen-bond donors (Lipinski definition) is 2. The lowest BCUT2D eigenvalue weighted by Crippen LogP contribution is -2.30. The number of hydrogen-bond acceptors (Lipinski definition) is 3. The summed E-state index contributed by atoms with van der Waals surface area (Å²) < 4.78 is 0. The largest absolute Gasteiger partial charge is 0.399 e. The molecule has 0 aliphatic rings. The Balaban J connectivity index is 0.00000338. The highest BCUT2D eigenvalue weighted by molar-refractivity contribution is 5.97. The molecule has 0 unspecified atom stereocenters. The van der Waals surface area contributed by atoms with E-state index in [0.717, 1.165) is 5.56 Å². The van der Waals surface area contributed by atoms with E-state index in [1.165, 1.54) is 0 Å². The number of anilines is 2. The molecule has 0 aliphatic carbocycles. The molecule has 0 fully saturated rings. The van der Waals surface area contributed by atoms with Crippen molar-refractivity contribution in [1.82, 2.24) is 4.90 Å². The van der Waals surface area contributed by atoms with E-state index in [4.69, 9.17) is 5.73 Å². The van der Waals surface area contributed by atoms with Gasteiger partial charge in [-0.05, 0) is 50.1 Å². The molecule has 0 saturated carbocycles. The first-order chi connectivity index (χ1) is 12.0. The third kappa shape index (κ3) is 5.77. The summed E-state index contributed by atoms with van der Waals surface area (Å²) in [4.78, 5) is 26.3. The van der Waals surface area contributed by atoms with E-state index in [9.17, 15) is 9.59 Å². The molecular weight excluding hydrogens is 350 g/mol. The van der Waals surface area contributed by atoms with Gasteiger partial charge in [-0.2, -0.15) is 0 Å². The number of carbonyl (C=O) groups excluding carboxylic acids is 2. The van der Waals surface area contributed by atoms with Crippen LogP contribution in [-0.4, -0.2) is 29.8 Å². The van der Waals surface area contributed by atoms with Crippen molar-refractivity contribution in [2.24, 2.45) is 0 Å². The van der Waals surface area contributed by atoms with Crippen LogP contribution in [0.1, 0.15) is 36.2 Å². The third-order valence-electron chi connectivity index (χ3n) is 4.12. The second-order valence-electron chi connectivity index (χ2n) is 5.81. The molecule has 2 aromatic rings. The standard InChI is InChI=1S/C20H25N3O2.ClH/c1-3-23(4-2)20(25)16-9-7-10-17(14-16)22-19(24)13-12-15-8-5-6-11-18(15)21;/h5-11,14H,3-4,12-13,21H2,1-2H3,(H,22,24);1H. The SMILES string of the molecule is CCN(CC)C(=O)c1cccc(NC(=O)CCc2ccccc2N)c1.Cl. The molecule has 0 bridgehead atoms. The van der Waals surface area contributed by atoms with Crippen LogP contribution in [-0.2, 0) is 11.2 Å². The van der Waals surface area contributed by atoms with Crippen LogP contribution in [0.25, 0.3) is 0 Å². The number of para-hydroxylation sites is 1. The number of aryl methyl sites for hydroxylation is 1. The Morgan fingerprint density at radius 3 is 2.38 bits per heavy atom. The number of halogens is 1. The van der Waals surface area contributed by atoms with Gasteiger partial charge in [-0.3, -0.25) is 9.59 Å². The maximum Gasteiger partial charge on any atom is 0.253 e. The lowest BCUT2D eigenvalue weighted by Gasteiger charge is -2.19. The molecule has 26 heavy (non-hydrogen) atoms. The van der Waals surface area contributed by atoms with E-state index >= 15 is 0 Å². The normalized spacial score (nSPS) is 9.92. The number of nitrogen functional groups attached to an aromatic ring is 1. The van der Waals surface area contributed by atoms with E-state index < -0.39 is 0 Å². The quantitative estimate of drug-likeness (QED) is 0.724. The van der Waals surface area contributed by atoms with Crippen molar-refractivity contribution < 1.29 is 9.59 Å². The minimum atomic E-state index is -0.101. The predicted molar refractivity (Wildman–Crippen MR) is 109 cm³/mol. The van der Waals surface area contributed by atoms with E-state index in [-0.39, 0.29) is 24.2 Å². The number of amides is 2. The van der Waals surface area contributed by atoms with Crippen LogP contribution in [0.15, 0.2) is 48.5 Å². The Hall–Kier alpha value is -2.53. The van der Waals surface area contributed by atoms with Crippen LogP contribution in [0.4, 0.5) is 11.4 Å². The molecule has 5 nitrogen and oxygen atoms in total. The van der Waals surface area contributed by atoms with Crippen molar-refractivity contribution in [3.63, 3.8) is 0 Å². The average Bonchev–Trinajstić information content (AvgIpc) is 2.62. The minimum absolute atomic E-state index is 0. The van der Waals surface area contributed by atoms with Gasteiger partial charge in [0, 0.05) is 36.4 Å². The lowest BCUT2D eigenvalue weighted by atomic mass is 10.1. The average molecular weight is 376 g/mol. The predicted octanol–water partition coefficient (Wildman–Crippen LogP) is 3.74. The second-order valence-corrected chi connectivity index (χ2v) is 5.81. The summed E-state index contributed by atoms with van der Waals surface area (Å²) in [6, 6.07) is 14.6. The summed E-state index contributed by atoms with van der Waals surface area (Å²) in [7, 11) is 0. The molecule has 0 spiro atoms. The van der Waals surface area contributed by atoms with Gasteiger partial charge in [0.05, 0.1) is 0 Å². The van der Waals surface area contributed by atoms with Crippen LogP contribution < -0.4 is 11.1 Å². The molecule has 2 amide bonds. The molecule has 0 aliphatic heterocycles. The van der Waals surface area contributed by atoms with Crippen LogP contribution in [0.2, 0.25) is 0 Å². The van der Waals surface area contributed by atoms with Crippen molar-refractivity contribution in [1.29, 1.82) is 0 Å². The summed E-state index contributed by atoms with van der Waals surface area (Å²) in [6.07, 6.45) is 0.916. The maximum atomic E-state index is 12.4. The van der Waals surface area contributed by atoms with Crippen molar-refractivity contribution in [2.75, 3.05) is 24.1 Å². The Kier molecular flexibility index (Phi) is 8.65. The molecule has 140 valence electrons. The smallest absolute Gasteiger partial charge is 0.253 e. The van der Waals surface area contributed by atoms with Crippen molar-refractivity contribution in [3.05, 3.63) is 59.7 Å². The first-order valence-electron chi connectivity index (χ1n) is 8.57. The summed E-state index contributed by atoms with van der Waals surface area (Å²) in [5, 5.41) is 2.85. The van der Waals surface area contributed by atoms with E-state index in [0.29, 0.717) is 42.9 Å². The molecule has 2 aromatic carbocycles. The Morgan fingerprint density at radius 2 is 1.73 bits per heavy atom. The number of nitrogens with two attached hydrogens (primary N) is 1. The summed E-state index contributed by atoms with van der Waals surface area (Å²) >= 11 is 0. The maximum absolute atomic E-state index is 12.4. The molecule has 0 heterocycles.